The molecular weight excluding hydrogens is 176 g/mol. The molecule has 0 bridgehead atoms. The SMILES string of the molecule is CCC(C)Oc1cccc(NC#N)c1. The fourth-order valence-corrected chi connectivity index (χ4v) is 1.03. The molecule has 74 valence electrons. The highest BCUT2D eigenvalue weighted by Gasteiger charge is 2.01. The summed E-state index contributed by atoms with van der Waals surface area (Å²) in [5, 5.41) is 11.0. The summed E-state index contributed by atoms with van der Waals surface area (Å²) in [5.41, 5.74) is 0.758. The second-order valence-electron chi connectivity index (χ2n) is 3.10. The van der Waals surface area contributed by atoms with Crippen LogP contribution in [0.25, 0.3) is 0 Å². The molecule has 0 heterocycles. The summed E-state index contributed by atoms with van der Waals surface area (Å²) in [4.78, 5) is 0. The minimum absolute atomic E-state index is 0.201. The first kappa shape index (κ1) is 10.4. The van der Waals surface area contributed by atoms with Crippen LogP contribution in [0.5, 0.6) is 5.75 Å². The molecule has 1 aromatic rings. The van der Waals surface area contributed by atoms with Crippen LogP contribution in [0.3, 0.4) is 0 Å². The van der Waals surface area contributed by atoms with E-state index in [9.17, 15) is 0 Å². The molecule has 1 rings (SSSR count). The van der Waals surface area contributed by atoms with Crippen LogP contribution in [-0.4, -0.2) is 6.10 Å². The van der Waals surface area contributed by atoms with Gasteiger partial charge in [0.1, 0.15) is 5.75 Å². The molecular formula is C11H14N2O. The first-order chi connectivity index (χ1) is 6.76. The Balaban J connectivity index is 2.69. The number of nitriles is 1. The highest BCUT2D eigenvalue weighted by molar-refractivity contribution is 5.50. The maximum atomic E-state index is 8.44. The van der Waals surface area contributed by atoms with Gasteiger partial charge in [-0.3, -0.25) is 5.32 Å². The zero-order valence-corrected chi connectivity index (χ0v) is 8.45. The third-order valence-electron chi connectivity index (χ3n) is 1.95. The monoisotopic (exact) mass is 190 g/mol. The lowest BCUT2D eigenvalue weighted by atomic mass is 10.3. The van der Waals surface area contributed by atoms with Gasteiger partial charge in [-0.15, -0.1) is 0 Å². The summed E-state index contributed by atoms with van der Waals surface area (Å²) in [6.45, 7) is 4.09. The first-order valence-corrected chi connectivity index (χ1v) is 4.68. The lowest BCUT2D eigenvalue weighted by molar-refractivity contribution is 0.217. The molecule has 1 aromatic carbocycles. The molecule has 3 nitrogen and oxygen atoms in total. The van der Waals surface area contributed by atoms with Gasteiger partial charge in [0.15, 0.2) is 6.19 Å². The minimum atomic E-state index is 0.201. The van der Waals surface area contributed by atoms with Crippen LogP contribution in [0.1, 0.15) is 20.3 Å². The van der Waals surface area contributed by atoms with Crippen molar-refractivity contribution in [2.24, 2.45) is 0 Å². The van der Waals surface area contributed by atoms with Crippen LogP contribution in [0.2, 0.25) is 0 Å². The molecule has 14 heavy (non-hydrogen) atoms. The second kappa shape index (κ2) is 5.13. The quantitative estimate of drug-likeness (QED) is 0.586. The molecule has 1 unspecified atom stereocenters. The van der Waals surface area contributed by atoms with E-state index in [-0.39, 0.29) is 6.10 Å². The number of rotatable bonds is 4. The standard InChI is InChI=1S/C11H14N2O/c1-3-9(2)14-11-6-4-5-10(7-11)13-8-12/h4-7,9,13H,3H2,1-2H3. The summed E-state index contributed by atoms with van der Waals surface area (Å²) in [7, 11) is 0. The van der Waals surface area contributed by atoms with Crippen molar-refractivity contribution in [1.82, 2.24) is 0 Å². The van der Waals surface area contributed by atoms with Gasteiger partial charge in [0.25, 0.3) is 0 Å². The molecule has 0 saturated heterocycles. The van der Waals surface area contributed by atoms with Crippen LogP contribution < -0.4 is 10.1 Å². The molecule has 0 saturated carbocycles. The van der Waals surface area contributed by atoms with Crippen molar-refractivity contribution in [3.05, 3.63) is 24.3 Å². The van der Waals surface area contributed by atoms with E-state index >= 15 is 0 Å². The molecule has 0 radical (unpaired) electrons. The maximum Gasteiger partial charge on any atom is 0.181 e. The Morgan fingerprint density at radius 1 is 1.57 bits per heavy atom. The normalized spacial score (nSPS) is 11.5. The van der Waals surface area contributed by atoms with Gasteiger partial charge < -0.3 is 4.74 Å². The number of hydrogen-bond acceptors (Lipinski definition) is 3. The molecule has 0 aliphatic carbocycles. The van der Waals surface area contributed by atoms with Gasteiger partial charge in [0, 0.05) is 6.07 Å². The summed E-state index contributed by atoms with van der Waals surface area (Å²) in [6, 6.07) is 7.38. The van der Waals surface area contributed by atoms with Crippen LogP contribution in [0.15, 0.2) is 24.3 Å². The van der Waals surface area contributed by atoms with Crippen molar-refractivity contribution in [2.45, 2.75) is 26.4 Å². The van der Waals surface area contributed by atoms with Crippen LogP contribution in [-0.2, 0) is 0 Å². The Bertz CT molecular complexity index is 330. The average molecular weight is 190 g/mol. The highest BCUT2D eigenvalue weighted by atomic mass is 16.5. The predicted molar refractivity (Wildman–Crippen MR) is 56.1 cm³/mol. The number of ether oxygens (including phenoxy) is 1. The Morgan fingerprint density at radius 2 is 2.36 bits per heavy atom. The van der Waals surface area contributed by atoms with Crippen molar-refractivity contribution in [3.63, 3.8) is 0 Å². The van der Waals surface area contributed by atoms with E-state index in [1.54, 1.807) is 0 Å². The molecule has 0 spiro atoms. The molecule has 3 heteroatoms. The third-order valence-corrected chi connectivity index (χ3v) is 1.95. The van der Waals surface area contributed by atoms with E-state index in [0.29, 0.717) is 0 Å². The summed E-state index contributed by atoms with van der Waals surface area (Å²) in [6.07, 6.45) is 3.04. The zero-order chi connectivity index (χ0) is 10.4. The van der Waals surface area contributed by atoms with Crippen molar-refractivity contribution in [1.29, 1.82) is 5.26 Å². The van der Waals surface area contributed by atoms with Gasteiger partial charge >= 0.3 is 0 Å². The number of nitrogens with zero attached hydrogens (tertiary/aromatic N) is 1. The van der Waals surface area contributed by atoms with Crippen molar-refractivity contribution in [3.8, 4) is 11.9 Å². The van der Waals surface area contributed by atoms with Crippen molar-refractivity contribution in [2.75, 3.05) is 5.32 Å². The number of nitrogens with one attached hydrogen (secondary N) is 1. The fraction of sp³-hybridized carbons (Fsp3) is 0.364. The number of hydrogen-bond donors (Lipinski definition) is 1. The molecule has 0 fully saturated rings. The predicted octanol–water partition coefficient (Wildman–Crippen LogP) is 2.76. The zero-order valence-electron chi connectivity index (χ0n) is 8.45. The van der Waals surface area contributed by atoms with Crippen LogP contribution in [0.4, 0.5) is 5.69 Å². The van der Waals surface area contributed by atoms with Gasteiger partial charge in [-0.1, -0.05) is 13.0 Å². The van der Waals surface area contributed by atoms with Gasteiger partial charge in [0.05, 0.1) is 11.8 Å². The van der Waals surface area contributed by atoms with Crippen molar-refractivity contribution >= 4 is 5.69 Å². The first-order valence-electron chi connectivity index (χ1n) is 4.68. The molecule has 0 aliphatic heterocycles. The topological polar surface area (TPSA) is 45.0 Å². The molecule has 1 N–H and O–H groups in total. The molecule has 0 aromatic heterocycles. The van der Waals surface area contributed by atoms with E-state index in [1.165, 1.54) is 0 Å². The maximum absolute atomic E-state index is 8.44. The summed E-state index contributed by atoms with van der Waals surface area (Å²) in [5.74, 6) is 0.791. The van der Waals surface area contributed by atoms with Gasteiger partial charge in [-0.2, -0.15) is 5.26 Å². The highest BCUT2D eigenvalue weighted by Crippen LogP contribution is 2.18. The number of benzene rings is 1. The van der Waals surface area contributed by atoms with E-state index < -0.39 is 0 Å². The molecule has 0 aliphatic rings. The Hall–Kier alpha value is -1.69. The average Bonchev–Trinajstić information content (AvgIpc) is 2.19. The third kappa shape index (κ3) is 2.98. The second-order valence-corrected chi connectivity index (χ2v) is 3.10. The summed E-state index contributed by atoms with van der Waals surface area (Å²) >= 11 is 0. The summed E-state index contributed by atoms with van der Waals surface area (Å²) < 4.78 is 5.60. The lowest BCUT2D eigenvalue weighted by Gasteiger charge is -2.12. The molecule has 0 amide bonds. The fourth-order valence-electron chi connectivity index (χ4n) is 1.03. The van der Waals surface area contributed by atoms with Crippen molar-refractivity contribution < 1.29 is 4.74 Å². The van der Waals surface area contributed by atoms with Gasteiger partial charge in [0.2, 0.25) is 0 Å². The Morgan fingerprint density at radius 3 is 3.00 bits per heavy atom. The van der Waals surface area contributed by atoms with E-state index in [0.717, 1.165) is 17.9 Å². The lowest BCUT2D eigenvalue weighted by Crippen LogP contribution is -2.09. The Kier molecular flexibility index (Phi) is 3.81. The smallest absolute Gasteiger partial charge is 0.181 e. The van der Waals surface area contributed by atoms with E-state index in [1.807, 2.05) is 37.4 Å². The number of anilines is 1. The van der Waals surface area contributed by atoms with E-state index in [4.69, 9.17) is 10.00 Å². The van der Waals surface area contributed by atoms with Gasteiger partial charge in [-0.25, -0.2) is 0 Å². The minimum Gasteiger partial charge on any atom is -0.491 e. The van der Waals surface area contributed by atoms with Crippen LogP contribution >= 0.6 is 0 Å². The van der Waals surface area contributed by atoms with Crippen LogP contribution in [0, 0.1) is 11.5 Å². The Labute approximate surface area is 84.3 Å². The molecule has 1 atom stereocenters. The van der Waals surface area contributed by atoms with Gasteiger partial charge in [-0.05, 0) is 25.5 Å². The van der Waals surface area contributed by atoms with E-state index in [2.05, 4.69) is 12.2 Å². The largest absolute Gasteiger partial charge is 0.491 e.